The first-order chi connectivity index (χ1) is 14.8. The first kappa shape index (κ1) is 21.1. The second kappa shape index (κ2) is 8.82. The van der Waals surface area contributed by atoms with Crippen LogP contribution in [0.1, 0.15) is 21.5 Å². The number of anilines is 3. The van der Waals surface area contributed by atoms with Crippen LogP contribution in [0.2, 0.25) is 0 Å². The van der Waals surface area contributed by atoms with Gasteiger partial charge < -0.3 is 5.32 Å². The maximum Gasteiger partial charge on any atom is 0.355 e. The van der Waals surface area contributed by atoms with Gasteiger partial charge in [0.05, 0.1) is 9.85 Å². The van der Waals surface area contributed by atoms with Gasteiger partial charge >= 0.3 is 5.69 Å². The molecule has 2 aromatic carbocycles. The second-order valence-electron chi connectivity index (χ2n) is 6.53. The quantitative estimate of drug-likeness (QED) is 0.381. The Labute approximate surface area is 175 Å². The van der Waals surface area contributed by atoms with E-state index in [-0.39, 0.29) is 17.2 Å². The lowest BCUT2D eigenvalue weighted by Crippen LogP contribution is -2.30. The van der Waals surface area contributed by atoms with E-state index in [1.807, 2.05) is 19.9 Å². The van der Waals surface area contributed by atoms with E-state index in [0.29, 0.717) is 5.69 Å². The summed E-state index contributed by atoms with van der Waals surface area (Å²) in [6.45, 7) is 3.77. The van der Waals surface area contributed by atoms with Crippen LogP contribution in [0.4, 0.5) is 28.7 Å². The fourth-order valence-corrected chi connectivity index (χ4v) is 2.93. The first-order valence-corrected chi connectivity index (χ1v) is 8.90. The normalized spacial score (nSPS) is 10.3. The molecule has 0 spiro atoms. The maximum absolute atomic E-state index is 12.4. The largest absolute Gasteiger partial charge is 0.355 e. The van der Waals surface area contributed by atoms with E-state index in [0.717, 1.165) is 17.5 Å². The van der Waals surface area contributed by atoms with Gasteiger partial charge in [-0.15, -0.1) is 0 Å². The minimum atomic E-state index is -0.857. The van der Waals surface area contributed by atoms with E-state index in [4.69, 9.17) is 0 Å². The molecule has 1 amide bonds. The van der Waals surface area contributed by atoms with E-state index >= 15 is 0 Å². The molecule has 158 valence electrons. The molecule has 3 N–H and O–H groups in total. The lowest BCUT2D eigenvalue weighted by molar-refractivity contribution is -0.385. The number of benzene rings is 2. The summed E-state index contributed by atoms with van der Waals surface area (Å²) in [4.78, 5) is 41.5. The topological polar surface area (TPSA) is 165 Å². The van der Waals surface area contributed by atoms with Crippen LogP contribution in [-0.4, -0.2) is 25.7 Å². The molecule has 0 saturated carbocycles. The highest BCUT2D eigenvalue weighted by molar-refractivity contribution is 5.98. The van der Waals surface area contributed by atoms with Crippen LogP contribution < -0.4 is 16.2 Å². The van der Waals surface area contributed by atoms with E-state index < -0.39 is 27.1 Å². The number of aryl methyl sites for hydroxylation is 2. The molecule has 3 rings (SSSR count). The van der Waals surface area contributed by atoms with Gasteiger partial charge in [-0.3, -0.25) is 35.9 Å². The zero-order valence-corrected chi connectivity index (χ0v) is 16.4. The molecule has 0 aliphatic rings. The van der Waals surface area contributed by atoms with Crippen LogP contribution in [0.15, 0.2) is 48.8 Å². The predicted molar refractivity (Wildman–Crippen MR) is 112 cm³/mol. The number of hydrogen-bond donors (Lipinski definition) is 3. The van der Waals surface area contributed by atoms with Crippen molar-refractivity contribution < 1.29 is 14.6 Å². The highest BCUT2D eigenvalue weighted by Crippen LogP contribution is 2.31. The Balaban J connectivity index is 1.87. The minimum Gasteiger partial charge on any atom is -0.334 e. The Bertz CT molecular complexity index is 1160. The highest BCUT2D eigenvalue weighted by Gasteiger charge is 2.25. The number of nitro benzene ring substituents is 1. The molecular formula is C19H17N7O5. The average Bonchev–Trinajstić information content (AvgIpc) is 2.71. The molecule has 12 nitrogen and oxygen atoms in total. The summed E-state index contributed by atoms with van der Waals surface area (Å²) in [6, 6.07) is 10.9. The lowest BCUT2D eigenvalue weighted by Gasteiger charge is -2.12. The van der Waals surface area contributed by atoms with Gasteiger partial charge in [0.1, 0.15) is 11.9 Å². The van der Waals surface area contributed by atoms with E-state index in [1.165, 1.54) is 24.3 Å². The standard InChI is InChI=1S/C19H17N7O5/c1-11-7-12(2)9-13(8-11)22-17-16(26(30)31)18(21-10-20-17)23-24-19(27)14-5-3-4-6-15(14)25(28)29/h3-10H,1-2H3,(H,24,27)(H2,20,21,22,23). The summed E-state index contributed by atoms with van der Waals surface area (Å²) in [5, 5.41) is 25.6. The van der Waals surface area contributed by atoms with Gasteiger partial charge in [0, 0.05) is 11.8 Å². The van der Waals surface area contributed by atoms with Crippen molar-refractivity contribution in [2.24, 2.45) is 0 Å². The molecule has 0 aliphatic carbocycles. The molecule has 0 atom stereocenters. The molecule has 1 aromatic heterocycles. The Hall–Kier alpha value is -4.61. The monoisotopic (exact) mass is 423 g/mol. The number of hydrogen-bond acceptors (Lipinski definition) is 9. The van der Waals surface area contributed by atoms with E-state index in [2.05, 4.69) is 26.1 Å². The van der Waals surface area contributed by atoms with Crippen molar-refractivity contribution in [3.63, 3.8) is 0 Å². The molecule has 12 heteroatoms. The van der Waals surface area contributed by atoms with Gasteiger partial charge in [-0.2, -0.15) is 0 Å². The van der Waals surface area contributed by atoms with Crippen molar-refractivity contribution in [1.82, 2.24) is 15.4 Å². The van der Waals surface area contributed by atoms with Gasteiger partial charge in [-0.25, -0.2) is 9.97 Å². The number of para-hydroxylation sites is 1. The second-order valence-corrected chi connectivity index (χ2v) is 6.53. The number of amides is 1. The summed E-state index contributed by atoms with van der Waals surface area (Å²) in [5.74, 6) is -1.24. The summed E-state index contributed by atoms with van der Waals surface area (Å²) in [6.07, 6.45) is 1.08. The van der Waals surface area contributed by atoms with E-state index in [9.17, 15) is 25.0 Å². The molecule has 31 heavy (non-hydrogen) atoms. The van der Waals surface area contributed by atoms with Crippen LogP contribution in [0, 0.1) is 34.1 Å². The van der Waals surface area contributed by atoms with Crippen molar-refractivity contribution in [2.75, 3.05) is 10.7 Å². The Morgan fingerprint density at radius 1 is 0.935 bits per heavy atom. The smallest absolute Gasteiger partial charge is 0.334 e. The van der Waals surface area contributed by atoms with Gasteiger partial charge in [-0.05, 0) is 43.2 Å². The highest BCUT2D eigenvalue weighted by atomic mass is 16.6. The fourth-order valence-electron chi connectivity index (χ4n) is 2.93. The van der Waals surface area contributed by atoms with Gasteiger partial charge in [0.15, 0.2) is 0 Å². The number of hydrazine groups is 1. The van der Waals surface area contributed by atoms with Crippen LogP contribution in [-0.2, 0) is 0 Å². The molecule has 0 radical (unpaired) electrons. The van der Waals surface area contributed by atoms with Crippen LogP contribution >= 0.6 is 0 Å². The number of aromatic nitrogens is 2. The molecule has 0 aliphatic heterocycles. The van der Waals surface area contributed by atoms with Crippen molar-refractivity contribution in [3.05, 3.63) is 85.7 Å². The number of nitrogens with one attached hydrogen (secondary N) is 3. The molecule has 0 saturated heterocycles. The SMILES string of the molecule is Cc1cc(C)cc(Nc2ncnc(NNC(=O)c3ccccc3[N+](=O)[O-])c2[N+](=O)[O-])c1. The van der Waals surface area contributed by atoms with E-state index in [1.54, 1.807) is 12.1 Å². The number of nitrogens with zero attached hydrogens (tertiary/aromatic N) is 4. The number of carbonyl (C=O) groups is 1. The molecule has 3 aromatic rings. The molecule has 0 unspecified atom stereocenters. The zero-order valence-electron chi connectivity index (χ0n) is 16.4. The maximum atomic E-state index is 12.4. The molecular weight excluding hydrogens is 406 g/mol. The third kappa shape index (κ3) is 4.87. The van der Waals surface area contributed by atoms with Gasteiger partial charge in [0.25, 0.3) is 11.6 Å². The molecule has 0 fully saturated rings. The summed E-state index contributed by atoms with van der Waals surface area (Å²) < 4.78 is 0. The van der Waals surface area contributed by atoms with Crippen LogP contribution in [0.3, 0.4) is 0 Å². The van der Waals surface area contributed by atoms with Crippen molar-refractivity contribution in [1.29, 1.82) is 0 Å². The number of rotatable bonds is 7. The summed E-state index contributed by atoms with van der Waals surface area (Å²) in [7, 11) is 0. The minimum absolute atomic E-state index is 0.0903. The third-order valence-corrected chi connectivity index (χ3v) is 4.13. The summed E-state index contributed by atoms with van der Waals surface area (Å²) >= 11 is 0. The van der Waals surface area contributed by atoms with Gasteiger partial charge in [-0.1, -0.05) is 18.2 Å². The Morgan fingerprint density at radius 2 is 1.58 bits per heavy atom. The lowest BCUT2D eigenvalue weighted by atomic mass is 10.1. The first-order valence-electron chi connectivity index (χ1n) is 8.90. The van der Waals surface area contributed by atoms with Crippen LogP contribution in [0.25, 0.3) is 0 Å². The Morgan fingerprint density at radius 3 is 2.23 bits per heavy atom. The van der Waals surface area contributed by atoms with Crippen LogP contribution in [0.5, 0.6) is 0 Å². The fraction of sp³-hybridized carbons (Fsp3) is 0.105. The number of nitro groups is 2. The van der Waals surface area contributed by atoms with Gasteiger partial charge in [0.2, 0.25) is 11.6 Å². The zero-order chi connectivity index (χ0) is 22.5. The average molecular weight is 423 g/mol. The Kier molecular flexibility index (Phi) is 6.00. The van der Waals surface area contributed by atoms with Crippen molar-refractivity contribution in [3.8, 4) is 0 Å². The molecule has 1 heterocycles. The van der Waals surface area contributed by atoms with Crippen molar-refractivity contribution >= 4 is 34.6 Å². The third-order valence-electron chi connectivity index (χ3n) is 4.13. The number of carbonyl (C=O) groups excluding carboxylic acids is 1. The predicted octanol–water partition coefficient (Wildman–Crippen LogP) is 3.41. The van der Waals surface area contributed by atoms with Crippen molar-refractivity contribution in [2.45, 2.75) is 13.8 Å². The molecule has 0 bridgehead atoms. The summed E-state index contributed by atoms with van der Waals surface area (Å²) in [5.41, 5.74) is 5.92.